The van der Waals surface area contributed by atoms with E-state index in [2.05, 4.69) is 279 Å². The van der Waals surface area contributed by atoms with Crippen LogP contribution in [0.4, 0.5) is 56.9 Å². The van der Waals surface area contributed by atoms with E-state index in [0.717, 1.165) is 142 Å². The van der Waals surface area contributed by atoms with E-state index in [1.165, 1.54) is 241 Å². The second kappa shape index (κ2) is 31.7. The molecular weight excluding hydrogens is 1700 g/mol. The van der Waals surface area contributed by atoms with Crippen molar-refractivity contribution in [1.29, 1.82) is 0 Å². The summed E-state index contributed by atoms with van der Waals surface area (Å²) >= 11 is 8.12. The molecule has 0 aliphatic heterocycles. The van der Waals surface area contributed by atoms with Gasteiger partial charge in [0.05, 0.1) is 56.9 Å². The average molecular weight is 1820 g/mol. The van der Waals surface area contributed by atoms with E-state index in [4.69, 9.17) is 11.5 Å². The molecule has 5 atom stereocenters. The number of hydrogen-bond acceptors (Lipinski definition) is 12. The van der Waals surface area contributed by atoms with E-state index in [1.807, 2.05) is 0 Å². The van der Waals surface area contributed by atoms with E-state index in [-0.39, 0.29) is 24.2 Å². The SMILES string of the molecule is CCCNc1c2c(c(NCCC)c3cc4c(NCCC)c5c(c(NCCC)c4cc13)=c1ccc3c4c(ccc=5c14)=c1c(NCCC)c4c(I)c(C(N)CC)c(C(N)CC)c(I)c4c(NCCC)c1=3)-c1cc3c4c5c(ccc-2c15)-c1c-4c(c2c(NCCC)c(NC(C)CC)c(NC(C)CC)c(NCCC)c2c1I)CC3CC. The molecule has 5 unspecified atom stereocenters. The molecule has 11 aromatic carbocycles. The molecule has 0 fully saturated rings. The van der Waals surface area contributed by atoms with Crippen LogP contribution in [-0.4, -0.2) is 64.4 Å². The lowest BCUT2D eigenvalue weighted by Gasteiger charge is -2.33. The van der Waals surface area contributed by atoms with E-state index >= 15 is 0 Å². The molecule has 0 aromatic heterocycles. The molecule has 0 saturated heterocycles. The molecule has 0 heterocycles. The molecule has 0 radical (unpaired) electrons. The summed E-state index contributed by atoms with van der Waals surface area (Å²) in [7, 11) is 0. The first kappa shape index (κ1) is 78.0. The zero-order chi connectivity index (χ0) is 77.9. The lowest BCUT2D eigenvalue weighted by molar-refractivity contribution is 0.640. The van der Waals surface area contributed by atoms with Crippen molar-refractivity contribution in [3.05, 3.63) is 129 Å². The Morgan fingerprint density at radius 2 is 0.685 bits per heavy atom. The van der Waals surface area contributed by atoms with Crippen molar-refractivity contribution in [2.24, 2.45) is 11.5 Å². The standard InChI is InChI=1S/C96H117I3N12/c1-16-35-102-87-57-45-59-60(46-58(57)88(103-36-17-2)73-51-30-32-53-66-52(31-29-50(65(51)66)72(73)87)75-76(53)92(107-40-21-6)83-82(91(75)106-39-20-5)85(98)79(63(100)27-12)80(86(83)99)64(101)28-13)90(105-38-19-4)77-62-44-56-49(26-11)43-61-70-69(56)68-55(34-33-54(67(62)68)74(77)89(59)104-37-18-3)71(70)84(97)81-78(61)93(108-41-22-7)95(110-47(14)24-9)96(111-48(15)25-10)94(81)109-42-23-8/h29-34,44-49,63-64,102-111H,16-28,35-43,100-101H2,1-15H3. The van der Waals surface area contributed by atoms with Gasteiger partial charge >= 0.3 is 0 Å². The number of anilines is 10. The van der Waals surface area contributed by atoms with Crippen molar-refractivity contribution < 1.29 is 0 Å². The summed E-state index contributed by atoms with van der Waals surface area (Å²) in [6.07, 6.45) is 13.7. The van der Waals surface area contributed by atoms with E-state index in [0.29, 0.717) is 5.92 Å². The van der Waals surface area contributed by atoms with Gasteiger partial charge in [0.15, 0.2) is 0 Å². The Morgan fingerprint density at radius 1 is 0.333 bits per heavy atom. The first-order valence-electron chi connectivity index (χ1n) is 42.9. The third-order valence-corrected chi connectivity index (χ3v) is 28.6. The van der Waals surface area contributed by atoms with Gasteiger partial charge in [-0.05, 0) is 288 Å². The normalized spacial score (nSPS) is 14.6. The number of fused-ring (bicyclic) bond motifs is 11. The van der Waals surface area contributed by atoms with Gasteiger partial charge in [0.1, 0.15) is 0 Å². The van der Waals surface area contributed by atoms with Gasteiger partial charge in [-0.2, -0.15) is 0 Å². The molecule has 5 aliphatic rings. The van der Waals surface area contributed by atoms with Crippen molar-refractivity contribution in [2.75, 3.05) is 106 Å². The van der Waals surface area contributed by atoms with E-state index in [1.54, 1.807) is 0 Å². The maximum Gasteiger partial charge on any atom is 0.0842 e. The predicted molar refractivity (Wildman–Crippen MR) is 510 cm³/mol. The Hall–Kier alpha value is -6.91. The summed E-state index contributed by atoms with van der Waals surface area (Å²) in [4.78, 5) is 0. The average Bonchev–Trinajstić information content (AvgIpc) is 1.52. The predicted octanol–water partition coefficient (Wildman–Crippen LogP) is 26.4. The van der Waals surface area contributed by atoms with Crippen LogP contribution in [0.2, 0.25) is 0 Å². The smallest absolute Gasteiger partial charge is 0.0842 e. The van der Waals surface area contributed by atoms with Crippen LogP contribution in [0, 0.1) is 52.5 Å². The number of nitrogens with two attached hydrogens (primary N) is 2. The first-order chi connectivity index (χ1) is 54.1. The Labute approximate surface area is 697 Å². The fourth-order valence-corrected chi connectivity index (χ4v) is 23.3. The van der Waals surface area contributed by atoms with E-state index in [9.17, 15) is 0 Å². The monoisotopic (exact) mass is 1820 g/mol. The lowest BCUT2D eigenvalue weighted by Crippen LogP contribution is -2.22. The van der Waals surface area contributed by atoms with Crippen molar-refractivity contribution in [2.45, 2.75) is 224 Å². The van der Waals surface area contributed by atoms with Crippen molar-refractivity contribution >= 4 is 189 Å². The highest BCUT2D eigenvalue weighted by molar-refractivity contribution is 14.1. The highest BCUT2D eigenvalue weighted by atomic mass is 127. The Bertz CT molecular complexity index is 6040. The lowest BCUT2D eigenvalue weighted by atomic mass is 9.74. The maximum absolute atomic E-state index is 7.29. The molecule has 0 saturated carbocycles. The molecule has 111 heavy (non-hydrogen) atoms. The molecular formula is C96H117I3N12. The van der Waals surface area contributed by atoms with Gasteiger partial charge in [0.2, 0.25) is 0 Å². The van der Waals surface area contributed by atoms with Crippen LogP contribution in [0.5, 0.6) is 0 Å². The summed E-state index contributed by atoms with van der Waals surface area (Å²) in [6.45, 7) is 41.4. The van der Waals surface area contributed by atoms with Crippen molar-refractivity contribution in [1.82, 2.24) is 0 Å². The second-order valence-electron chi connectivity index (χ2n) is 32.5. The van der Waals surface area contributed by atoms with Crippen LogP contribution >= 0.6 is 67.8 Å². The molecule has 5 aliphatic carbocycles. The van der Waals surface area contributed by atoms with Gasteiger partial charge in [-0.1, -0.05) is 126 Å². The maximum atomic E-state index is 7.29. The van der Waals surface area contributed by atoms with Gasteiger partial charge in [0.25, 0.3) is 0 Å². The second-order valence-corrected chi connectivity index (χ2v) is 35.7. The summed E-state index contributed by atoms with van der Waals surface area (Å²) in [5, 5.41) is 68.2. The molecule has 14 N–H and O–H groups in total. The number of benzene rings is 11. The number of rotatable bonds is 35. The van der Waals surface area contributed by atoms with Crippen LogP contribution in [0.15, 0.2) is 54.6 Å². The minimum Gasteiger partial charge on any atom is -0.384 e. The van der Waals surface area contributed by atoms with Crippen LogP contribution in [0.1, 0.15) is 228 Å². The molecule has 11 aromatic rings. The summed E-state index contributed by atoms with van der Waals surface area (Å²) < 4.78 is 3.75. The third kappa shape index (κ3) is 11.9. The molecule has 0 bridgehead atoms. The van der Waals surface area contributed by atoms with Crippen molar-refractivity contribution in [3.8, 4) is 44.5 Å². The first-order valence-corrected chi connectivity index (χ1v) is 46.1. The van der Waals surface area contributed by atoms with Crippen LogP contribution in [0.3, 0.4) is 0 Å². The molecule has 12 nitrogen and oxygen atoms in total. The Balaban J connectivity index is 1.04. The largest absolute Gasteiger partial charge is 0.384 e. The zero-order valence-electron chi connectivity index (χ0n) is 68.4. The fourth-order valence-electron chi connectivity index (χ4n) is 19.7. The van der Waals surface area contributed by atoms with Gasteiger partial charge in [0, 0.05) is 168 Å². The highest BCUT2D eigenvalue weighted by Crippen LogP contribution is 2.67. The summed E-state index contributed by atoms with van der Waals surface area (Å²) in [5.74, 6) is 0.304. The molecule has 0 spiro atoms. The summed E-state index contributed by atoms with van der Waals surface area (Å²) in [5.41, 5.74) is 43.3. The van der Waals surface area contributed by atoms with Gasteiger partial charge in [-0.15, -0.1) is 0 Å². The van der Waals surface area contributed by atoms with Gasteiger partial charge in [-0.3, -0.25) is 0 Å². The zero-order valence-corrected chi connectivity index (χ0v) is 74.9. The fraction of sp³-hybridized carbons (Fsp3) is 0.438. The number of nitrogens with one attached hydrogen (secondary N) is 10. The Kier molecular flexibility index (Phi) is 22.3. The van der Waals surface area contributed by atoms with Gasteiger partial charge < -0.3 is 64.6 Å². The quantitative estimate of drug-likeness (QED) is 0.0103. The Morgan fingerprint density at radius 3 is 1.08 bits per heavy atom. The van der Waals surface area contributed by atoms with E-state index < -0.39 is 0 Å². The molecule has 582 valence electrons. The van der Waals surface area contributed by atoms with Crippen LogP contribution < -0.4 is 64.6 Å². The highest BCUT2D eigenvalue weighted by Gasteiger charge is 2.43. The minimum atomic E-state index is -0.154. The third-order valence-electron chi connectivity index (χ3n) is 25.3. The van der Waals surface area contributed by atoms with Crippen molar-refractivity contribution in [3.63, 3.8) is 0 Å². The van der Waals surface area contributed by atoms with Crippen LogP contribution in [0.25, 0.3) is 109 Å². The molecule has 0 amide bonds. The molecule has 15 heteroatoms. The van der Waals surface area contributed by atoms with Gasteiger partial charge in [-0.25, -0.2) is 0 Å². The molecule has 16 rings (SSSR count). The minimum absolute atomic E-state index is 0.154. The van der Waals surface area contributed by atoms with Crippen LogP contribution in [-0.2, 0) is 6.42 Å². The topological polar surface area (TPSA) is 172 Å². The number of hydrogen-bond donors (Lipinski definition) is 12. The summed E-state index contributed by atoms with van der Waals surface area (Å²) in [6, 6.07) is 23.3. The number of halogens is 3.